The SMILES string of the molecule is O=C1CCCC2=C1C(c1ccc(Br)cc1)CC(=O)N2c1ccc(Cl)cc1. The summed E-state index contributed by atoms with van der Waals surface area (Å²) in [7, 11) is 0. The van der Waals surface area contributed by atoms with E-state index in [-0.39, 0.29) is 17.6 Å². The number of allylic oxidation sites excluding steroid dienone is 2. The first-order chi connectivity index (χ1) is 12.5. The molecule has 1 unspecified atom stereocenters. The molecule has 0 saturated heterocycles. The van der Waals surface area contributed by atoms with E-state index in [2.05, 4.69) is 15.9 Å². The van der Waals surface area contributed by atoms with Crippen LogP contribution in [-0.2, 0) is 9.59 Å². The van der Waals surface area contributed by atoms with Crippen molar-refractivity contribution in [3.8, 4) is 0 Å². The Labute approximate surface area is 165 Å². The molecule has 4 rings (SSSR count). The molecule has 0 saturated carbocycles. The molecular formula is C21H17BrClNO2. The summed E-state index contributed by atoms with van der Waals surface area (Å²) in [5.74, 6) is 0.0151. The molecular weight excluding hydrogens is 414 g/mol. The largest absolute Gasteiger partial charge is 0.294 e. The maximum absolute atomic E-state index is 13.0. The summed E-state index contributed by atoms with van der Waals surface area (Å²) in [6.07, 6.45) is 2.37. The van der Waals surface area contributed by atoms with Gasteiger partial charge in [-0.2, -0.15) is 0 Å². The maximum atomic E-state index is 13.0. The number of benzene rings is 2. The average Bonchev–Trinajstić information content (AvgIpc) is 2.63. The van der Waals surface area contributed by atoms with Crippen LogP contribution in [0.4, 0.5) is 5.69 Å². The molecule has 2 aromatic rings. The predicted octanol–water partition coefficient (Wildman–Crippen LogP) is 5.63. The number of nitrogens with zero attached hydrogens (tertiary/aromatic N) is 1. The Morgan fingerprint density at radius 1 is 0.962 bits per heavy atom. The number of hydrogen-bond acceptors (Lipinski definition) is 2. The first-order valence-corrected chi connectivity index (χ1v) is 9.82. The van der Waals surface area contributed by atoms with Gasteiger partial charge >= 0.3 is 0 Å². The summed E-state index contributed by atoms with van der Waals surface area (Å²) in [4.78, 5) is 27.5. The zero-order chi connectivity index (χ0) is 18.3. The van der Waals surface area contributed by atoms with Crippen molar-refractivity contribution in [3.63, 3.8) is 0 Å². The third-order valence-corrected chi connectivity index (χ3v) is 5.81. The number of carbonyl (C=O) groups excluding carboxylic acids is 2. The molecule has 0 bridgehead atoms. The molecule has 1 amide bonds. The predicted molar refractivity (Wildman–Crippen MR) is 106 cm³/mol. The summed E-state index contributed by atoms with van der Waals surface area (Å²) in [5, 5.41) is 0.625. The highest BCUT2D eigenvalue weighted by Crippen LogP contribution is 2.43. The third kappa shape index (κ3) is 3.12. The number of anilines is 1. The zero-order valence-corrected chi connectivity index (χ0v) is 16.4. The maximum Gasteiger partial charge on any atom is 0.232 e. The fraction of sp³-hybridized carbons (Fsp3) is 0.238. The van der Waals surface area contributed by atoms with Crippen molar-refractivity contribution in [2.45, 2.75) is 31.6 Å². The van der Waals surface area contributed by atoms with E-state index in [4.69, 9.17) is 11.6 Å². The summed E-state index contributed by atoms with van der Waals surface area (Å²) in [6.45, 7) is 0. The Morgan fingerprint density at radius 3 is 2.35 bits per heavy atom. The van der Waals surface area contributed by atoms with E-state index in [0.29, 0.717) is 17.9 Å². The van der Waals surface area contributed by atoms with Crippen molar-refractivity contribution in [3.05, 3.63) is 74.9 Å². The lowest BCUT2D eigenvalue weighted by Gasteiger charge is -2.38. The lowest BCUT2D eigenvalue weighted by Crippen LogP contribution is -2.40. The third-order valence-electron chi connectivity index (χ3n) is 5.03. The fourth-order valence-electron chi connectivity index (χ4n) is 3.86. The van der Waals surface area contributed by atoms with E-state index in [1.54, 1.807) is 17.0 Å². The second-order valence-electron chi connectivity index (χ2n) is 6.65. The lowest BCUT2D eigenvalue weighted by molar-refractivity contribution is -0.119. The van der Waals surface area contributed by atoms with Crippen molar-refractivity contribution >= 4 is 44.9 Å². The van der Waals surface area contributed by atoms with Crippen molar-refractivity contribution in [2.75, 3.05) is 4.90 Å². The Hall–Kier alpha value is -1.91. The highest BCUT2D eigenvalue weighted by atomic mass is 79.9. The van der Waals surface area contributed by atoms with Gasteiger partial charge in [0.25, 0.3) is 0 Å². The molecule has 3 nitrogen and oxygen atoms in total. The quantitative estimate of drug-likeness (QED) is 0.619. The zero-order valence-electron chi connectivity index (χ0n) is 14.0. The molecule has 132 valence electrons. The molecule has 0 fully saturated rings. The van der Waals surface area contributed by atoms with Crippen LogP contribution in [0.15, 0.2) is 64.3 Å². The number of rotatable bonds is 2. The number of amides is 1. The monoisotopic (exact) mass is 429 g/mol. The van der Waals surface area contributed by atoms with Gasteiger partial charge in [0.1, 0.15) is 0 Å². The molecule has 1 heterocycles. The minimum atomic E-state index is -0.165. The van der Waals surface area contributed by atoms with Gasteiger partial charge in [0.2, 0.25) is 5.91 Å². The highest BCUT2D eigenvalue weighted by Gasteiger charge is 2.39. The van der Waals surface area contributed by atoms with Gasteiger partial charge in [0.05, 0.1) is 0 Å². The van der Waals surface area contributed by atoms with Crippen LogP contribution in [0.5, 0.6) is 0 Å². The van der Waals surface area contributed by atoms with E-state index >= 15 is 0 Å². The van der Waals surface area contributed by atoms with Crippen LogP contribution in [0.3, 0.4) is 0 Å². The number of halogens is 2. The van der Waals surface area contributed by atoms with Crippen molar-refractivity contribution in [1.29, 1.82) is 0 Å². The topological polar surface area (TPSA) is 37.4 Å². The van der Waals surface area contributed by atoms with E-state index in [1.807, 2.05) is 36.4 Å². The van der Waals surface area contributed by atoms with Gasteiger partial charge in [-0.15, -0.1) is 0 Å². The first-order valence-electron chi connectivity index (χ1n) is 8.65. The van der Waals surface area contributed by atoms with E-state index in [1.165, 1.54) is 0 Å². The number of ketones is 1. The molecule has 1 aliphatic heterocycles. The molecule has 2 aromatic carbocycles. The van der Waals surface area contributed by atoms with Crippen molar-refractivity contribution in [2.24, 2.45) is 0 Å². The minimum absolute atomic E-state index is 0.0219. The lowest BCUT2D eigenvalue weighted by atomic mass is 9.77. The Bertz CT molecular complexity index is 903. The van der Waals surface area contributed by atoms with Gasteiger partial charge in [-0.1, -0.05) is 39.7 Å². The number of carbonyl (C=O) groups is 2. The number of Topliss-reactive ketones (excluding diaryl/α,β-unsaturated/α-hetero) is 1. The second kappa shape index (κ2) is 7.01. The molecule has 0 radical (unpaired) electrons. The van der Waals surface area contributed by atoms with Gasteiger partial charge in [0.15, 0.2) is 5.78 Å². The molecule has 0 aromatic heterocycles. The molecule has 0 spiro atoms. The minimum Gasteiger partial charge on any atom is -0.294 e. The molecule has 1 atom stereocenters. The molecule has 26 heavy (non-hydrogen) atoms. The first kappa shape index (κ1) is 17.5. The fourth-order valence-corrected chi connectivity index (χ4v) is 4.25. The average molecular weight is 431 g/mol. The molecule has 2 aliphatic rings. The summed E-state index contributed by atoms with van der Waals surface area (Å²) in [5.41, 5.74) is 3.44. The Kier molecular flexibility index (Phi) is 4.72. The van der Waals surface area contributed by atoms with Crippen LogP contribution < -0.4 is 4.90 Å². The standard InChI is InChI=1S/C21H17BrClNO2/c22-14-6-4-13(5-7-14)17-12-20(26)24(16-10-8-15(23)9-11-16)18-2-1-3-19(25)21(17)18/h4-11,17H,1-3,12H2. The Morgan fingerprint density at radius 2 is 1.65 bits per heavy atom. The highest BCUT2D eigenvalue weighted by molar-refractivity contribution is 9.10. The van der Waals surface area contributed by atoms with Crippen LogP contribution in [0.1, 0.15) is 37.2 Å². The normalized spacial score (nSPS) is 20.4. The van der Waals surface area contributed by atoms with E-state index in [0.717, 1.165) is 39.8 Å². The van der Waals surface area contributed by atoms with Gasteiger partial charge in [-0.05, 0) is 54.8 Å². The van der Waals surface area contributed by atoms with Crippen LogP contribution in [0, 0.1) is 0 Å². The van der Waals surface area contributed by atoms with Gasteiger partial charge < -0.3 is 0 Å². The van der Waals surface area contributed by atoms with Crippen LogP contribution in [-0.4, -0.2) is 11.7 Å². The number of hydrogen-bond donors (Lipinski definition) is 0. The summed E-state index contributed by atoms with van der Waals surface area (Å²) in [6, 6.07) is 15.1. The van der Waals surface area contributed by atoms with Gasteiger partial charge in [-0.25, -0.2) is 0 Å². The van der Waals surface area contributed by atoms with Crippen LogP contribution in [0.2, 0.25) is 5.02 Å². The van der Waals surface area contributed by atoms with Crippen molar-refractivity contribution < 1.29 is 9.59 Å². The van der Waals surface area contributed by atoms with Crippen molar-refractivity contribution in [1.82, 2.24) is 0 Å². The van der Waals surface area contributed by atoms with Gasteiger partial charge in [0, 0.05) is 45.2 Å². The molecule has 1 aliphatic carbocycles. The Balaban J connectivity index is 1.84. The molecule has 5 heteroatoms. The van der Waals surface area contributed by atoms with E-state index < -0.39 is 0 Å². The summed E-state index contributed by atoms with van der Waals surface area (Å²) >= 11 is 9.43. The van der Waals surface area contributed by atoms with E-state index in [9.17, 15) is 9.59 Å². The molecule has 0 N–H and O–H groups in total. The second-order valence-corrected chi connectivity index (χ2v) is 8.00. The van der Waals surface area contributed by atoms with Crippen LogP contribution >= 0.6 is 27.5 Å². The smallest absolute Gasteiger partial charge is 0.232 e. The van der Waals surface area contributed by atoms with Crippen LogP contribution in [0.25, 0.3) is 0 Å². The van der Waals surface area contributed by atoms with Gasteiger partial charge in [-0.3, -0.25) is 14.5 Å². The summed E-state index contributed by atoms with van der Waals surface area (Å²) < 4.78 is 0.982.